The van der Waals surface area contributed by atoms with Gasteiger partial charge in [0.25, 0.3) is 0 Å². The van der Waals surface area contributed by atoms with Crippen molar-refractivity contribution in [2.75, 3.05) is 0 Å². The van der Waals surface area contributed by atoms with Crippen molar-refractivity contribution in [2.45, 2.75) is 13.2 Å². The summed E-state index contributed by atoms with van der Waals surface area (Å²) in [5.74, 6) is 3.05. The minimum absolute atomic E-state index is 0.258. The van der Waals surface area contributed by atoms with Gasteiger partial charge < -0.3 is 18.3 Å². The van der Waals surface area contributed by atoms with E-state index in [0.717, 1.165) is 35.4 Å². The highest BCUT2D eigenvalue weighted by Crippen LogP contribution is 2.49. The Morgan fingerprint density at radius 3 is 1.54 bits per heavy atom. The molecule has 0 spiro atoms. The van der Waals surface area contributed by atoms with E-state index in [9.17, 15) is 0 Å². The second-order valence-electron chi connectivity index (χ2n) is 7.93. The highest BCUT2D eigenvalue weighted by molar-refractivity contribution is 14.1. The molecule has 0 saturated heterocycles. The van der Waals surface area contributed by atoms with Crippen LogP contribution in [-0.2, 0) is 13.2 Å². The summed E-state index contributed by atoms with van der Waals surface area (Å²) in [5.41, 5.74) is 0. The molecular formula is C28H19I2O4S+. The number of rotatable bonds is 7. The molecule has 0 N–H and O–H groups in total. The third-order valence-corrected chi connectivity index (χ3v) is 9.07. The van der Waals surface area contributed by atoms with E-state index in [4.69, 9.17) is 18.3 Å². The van der Waals surface area contributed by atoms with Crippen LogP contribution in [0.3, 0.4) is 0 Å². The van der Waals surface area contributed by atoms with Crippen LogP contribution in [0.15, 0.2) is 99.8 Å². The van der Waals surface area contributed by atoms with E-state index in [0.29, 0.717) is 13.2 Å². The number of halogens is 2. The van der Waals surface area contributed by atoms with E-state index in [1.807, 2.05) is 30.3 Å². The van der Waals surface area contributed by atoms with Gasteiger partial charge in [0.05, 0.1) is 0 Å². The third-order valence-electron chi connectivity index (χ3n) is 5.61. The van der Waals surface area contributed by atoms with Crippen LogP contribution in [0.25, 0.3) is 25.1 Å². The number of ether oxygens (including phenoxy) is 2. The maximum Gasteiger partial charge on any atom is 0.187 e. The first-order valence-electron chi connectivity index (χ1n) is 11.0. The van der Waals surface area contributed by atoms with Gasteiger partial charge in [-0.05, 0) is 93.7 Å². The zero-order chi connectivity index (χ0) is 23.8. The van der Waals surface area contributed by atoms with E-state index < -0.39 is 0 Å². The molecule has 0 unspecified atom stereocenters. The molecule has 3 aromatic heterocycles. The Labute approximate surface area is 232 Å². The fourth-order valence-corrected chi connectivity index (χ4v) is 7.47. The summed E-state index contributed by atoms with van der Waals surface area (Å²) in [7, 11) is -0.258. The molecule has 0 aliphatic rings. The van der Waals surface area contributed by atoms with Crippen molar-refractivity contribution in [2.24, 2.45) is 0 Å². The van der Waals surface area contributed by atoms with Crippen LogP contribution in [0.4, 0.5) is 0 Å². The molecule has 6 rings (SSSR count). The van der Waals surface area contributed by atoms with Crippen molar-refractivity contribution in [3.05, 3.63) is 110 Å². The fraction of sp³-hybridized carbons (Fsp3) is 0.0714. The number of furan rings is 2. The number of fused-ring (bicyclic) bond motifs is 3. The van der Waals surface area contributed by atoms with Crippen molar-refractivity contribution in [1.29, 1.82) is 0 Å². The molecule has 7 heteroatoms. The highest BCUT2D eigenvalue weighted by atomic mass is 127. The molecule has 174 valence electrons. The lowest BCUT2D eigenvalue weighted by Gasteiger charge is -2.09. The van der Waals surface area contributed by atoms with Crippen LogP contribution in [-0.4, -0.2) is 0 Å². The molecular weight excluding hydrogens is 686 g/mol. The minimum Gasteiger partial charge on any atom is -0.485 e. The average molecular weight is 705 g/mol. The number of thiophene rings is 1. The molecule has 35 heavy (non-hydrogen) atoms. The van der Waals surface area contributed by atoms with Crippen LogP contribution in [0.1, 0.15) is 11.5 Å². The average Bonchev–Trinajstić information content (AvgIpc) is 3.58. The SMILES string of the molecule is Ic1ccc(COc2cc(OCc3ccc(I)o3)cc(-[s+]3c4ccccc4c4ccccc43)c2)o1. The summed E-state index contributed by atoms with van der Waals surface area (Å²) in [4.78, 5) is 1.15. The predicted molar refractivity (Wildman–Crippen MR) is 157 cm³/mol. The first kappa shape index (κ1) is 22.9. The Morgan fingerprint density at radius 2 is 1.09 bits per heavy atom. The summed E-state index contributed by atoms with van der Waals surface area (Å²) in [6, 6.07) is 31.2. The molecule has 3 heterocycles. The summed E-state index contributed by atoms with van der Waals surface area (Å²) in [6.45, 7) is 0.701. The van der Waals surface area contributed by atoms with Crippen molar-refractivity contribution < 1.29 is 18.3 Å². The smallest absolute Gasteiger partial charge is 0.187 e. The Hall–Kier alpha value is -2.50. The molecule has 6 aromatic rings. The molecule has 3 aromatic carbocycles. The van der Waals surface area contributed by atoms with Crippen molar-refractivity contribution >= 4 is 75.8 Å². The molecule has 0 bridgehead atoms. The first-order chi connectivity index (χ1) is 17.1. The van der Waals surface area contributed by atoms with Gasteiger partial charge in [-0.25, -0.2) is 0 Å². The molecule has 0 fully saturated rings. The van der Waals surface area contributed by atoms with Gasteiger partial charge >= 0.3 is 0 Å². The number of benzene rings is 3. The van der Waals surface area contributed by atoms with Crippen LogP contribution in [0.5, 0.6) is 11.5 Å². The van der Waals surface area contributed by atoms with Gasteiger partial charge in [-0.15, -0.1) is 0 Å². The lowest BCUT2D eigenvalue weighted by molar-refractivity contribution is 0.255. The monoisotopic (exact) mass is 705 g/mol. The summed E-state index contributed by atoms with van der Waals surface area (Å²) in [6.07, 6.45) is 0. The van der Waals surface area contributed by atoms with Crippen LogP contribution in [0, 0.1) is 7.53 Å². The molecule has 0 aliphatic carbocycles. The topological polar surface area (TPSA) is 44.7 Å². The largest absolute Gasteiger partial charge is 0.485 e. The van der Waals surface area contributed by atoms with Gasteiger partial charge in [-0.1, -0.05) is 24.3 Å². The standard InChI is InChI=1S/C28H19I2O4S/c29-27-11-9-18(33-27)16-31-20-13-21(32-17-19-10-12-28(30)34-19)15-22(14-20)35-25-7-3-1-5-23(25)24-6-2-4-8-26(24)35/h1-15H,16-17H2/q+1. The summed E-state index contributed by atoms with van der Waals surface area (Å²) < 4.78 is 28.0. The second-order valence-corrected chi connectivity index (χ2v) is 12.0. The highest BCUT2D eigenvalue weighted by Gasteiger charge is 2.24. The lowest BCUT2D eigenvalue weighted by Crippen LogP contribution is -1.97. The van der Waals surface area contributed by atoms with E-state index >= 15 is 0 Å². The molecule has 0 radical (unpaired) electrons. The number of hydrogen-bond acceptors (Lipinski definition) is 4. The fourth-order valence-electron chi connectivity index (χ4n) is 4.10. The Morgan fingerprint density at radius 1 is 0.600 bits per heavy atom. The zero-order valence-electron chi connectivity index (χ0n) is 18.4. The Bertz CT molecular complexity index is 1530. The van der Waals surface area contributed by atoms with E-state index in [2.05, 4.69) is 106 Å². The van der Waals surface area contributed by atoms with Crippen molar-refractivity contribution in [3.8, 4) is 16.4 Å². The lowest BCUT2D eigenvalue weighted by atomic mass is 10.2. The van der Waals surface area contributed by atoms with Crippen LogP contribution < -0.4 is 9.47 Å². The Kier molecular flexibility index (Phi) is 6.46. The molecule has 4 nitrogen and oxygen atoms in total. The number of hydrogen-bond donors (Lipinski definition) is 0. The predicted octanol–water partition coefficient (Wildman–Crippen LogP) is 9.28. The van der Waals surface area contributed by atoms with Crippen LogP contribution >= 0.6 is 55.7 Å². The van der Waals surface area contributed by atoms with Gasteiger partial charge in [0.2, 0.25) is 0 Å². The zero-order valence-corrected chi connectivity index (χ0v) is 23.5. The van der Waals surface area contributed by atoms with Gasteiger partial charge in [-0.2, -0.15) is 0 Å². The normalized spacial score (nSPS) is 11.4. The van der Waals surface area contributed by atoms with Crippen LogP contribution in [0.2, 0.25) is 0 Å². The van der Waals surface area contributed by atoms with Crippen molar-refractivity contribution in [1.82, 2.24) is 0 Å². The maximum absolute atomic E-state index is 6.18. The summed E-state index contributed by atoms with van der Waals surface area (Å²) in [5, 5.41) is 2.58. The van der Waals surface area contributed by atoms with E-state index in [1.165, 1.54) is 20.2 Å². The minimum atomic E-state index is -0.258. The third kappa shape index (κ3) is 4.81. The Balaban J connectivity index is 1.43. The van der Waals surface area contributed by atoms with Gasteiger partial charge in [0.1, 0.15) is 36.2 Å². The first-order valence-corrected chi connectivity index (χ1v) is 14.3. The van der Waals surface area contributed by atoms with E-state index in [-0.39, 0.29) is 10.5 Å². The summed E-state index contributed by atoms with van der Waals surface area (Å²) >= 11 is 4.32. The van der Waals surface area contributed by atoms with Gasteiger partial charge in [0.15, 0.2) is 21.8 Å². The molecule has 0 amide bonds. The second kappa shape index (κ2) is 9.87. The van der Waals surface area contributed by atoms with Gasteiger partial charge in [-0.3, -0.25) is 0 Å². The maximum atomic E-state index is 6.18. The quantitative estimate of drug-likeness (QED) is 0.123. The molecule has 0 atom stereocenters. The van der Waals surface area contributed by atoms with Gasteiger partial charge in [0, 0.05) is 39.4 Å². The molecule has 0 saturated carbocycles. The van der Waals surface area contributed by atoms with E-state index in [1.54, 1.807) is 0 Å². The molecule has 0 aliphatic heterocycles. The van der Waals surface area contributed by atoms with Crippen molar-refractivity contribution in [3.63, 3.8) is 0 Å².